The molecule has 3 aromatic rings. The number of carbonyl (C=O) groups excluding carboxylic acids is 1. The molecule has 2 N–H and O–H groups in total. The minimum absolute atomic E-state index is 0.262. The SMILES string of the molecule is Cc1cccc(C)c1NC(=S)NC(=O)c1cccc(OCc2ccccc2)c1. The lowest BCUT2D eigenvalue weighted by molar-refractivity contribution is 0.0977. The lowest BCUT2D eigenvalue weighted by Crippen LogP contribution is -2.34. The molecule has 0 aliphatic rings. The zero-order valence-electron chi connectivity index (χ0n) is 15.9. The average molecular weight is 391 g/mol. The van der Waals surface area contributed by atoms with Crippen LogP contribution in [0.15, 0.2) is 72.8 Å². The molecule has 4 nitrogen and oxygen atoms in total. The number of hydrogen-bond donors (Lipinski definition) is 2. The van der Waals surface area contributed by atoms with E-state index in [1.54, 1.807) is 18.2 Å². The van der Waals surface area contributed by atoms with Gasteiger partial charge in [-0.15, -0.1) is 0 Å². The van der Waals surface area contributed by atoms with Crippen molar-refractivity contribution in [1.29, 1.82) is 0 Å². The van der Waals surface area contributed by atoms with Crippen molar-refractivity contribution in [3.05, 3.63) is 95.1 Å². The Balaban J connectivity index is 1.62. The summed E-state index contributed by atoms with van der Waals surface area (Å²) in [6.45, 7) is 4.43. The highest BCUT2D eigenvalue weighted by atomic mass is 32.1. The molecule has 0 atom stereocenters. The maximum absolute atomic E-state index is 12.5. The first-order valence-electron chi connectivity index (χ1n) is 8.98. The Bertz CT molecular complexity index is 967. The fraction of sp³-hybridized carbons (Fsp3) is 0.130. The van der Waals surface area contributed by atoms with Crippen molar-refractivity contribution < 1.29 is 9.53 Å². The Morgan fingerprint density at radius 2 is 1.61 bits per heavy atom. The molecule has 0 saturated heterocycles. The lowest BCUT2D eigenvalue weighted by atomic mass is 10.1. The number of anilines is 1. The maximum atomic E-state index is 12.5. The van der Waals surface area contributed by atoms with E-state index in [4.69, 9.17) is 17.0 Å². The molecule has 0 radical (unpaired) electrons. The fourth-order valence-electron chi connectivity index (χ4n) is 2.80. The highest BCUT2D eigenvalue weighted by Crippen LogP contribution is 2.19. The van der Waals surface area contributed by atoms with Gasteiger partial charge in [0.2, 0.25) is 0 Å². The molecule has 5 heteroatoms. The van der Waals surface area contributed by atoms with Gasteiger partial charge < -0.3 is 10.1 Å². The molecule has 0 heterocycles. The fourth-order valence-corrected chi connectivity index (χ4v) is 2.99. The van der Waals surface area contributed by atoms with Crippen LogP contribution in [0.2, 0.25) is 0 Å². The largest absolute Gasteiger partial charge is 0.489 e. The highest BCUT2D eigenvalue weighted by Gasteiger charge is 2.11. The Labute approximate surface area is 170 Å². The summed E-state index contributed by atoms with van der Waals surface area (Å²) in [4.78, 5) is 12.5. The van der Waals surface area contributed by atoms with Crippen LogP contribution in [-0.4, -0.2) is 11.0 Å². The number of thiocarbonyl (C=S) groups is 1. The van der Waals surface area contributed by atoms with E-state index >= 15 is 0 Å². The zero-order chi connectivity index (χ0) is 19.9. The Hall–Kier alpha value is -3.18. The van der Waals surface area contributed by atoms with E-state index in [1.807, 2.05) is 68.4 Å². The van der Waals surface area contributed by atoms with Crippen LogP contribution in [0.1, 0.15) is 27.0 Å². The van der Waals surface area contributed by atoms with Gasteiger partial charge in [0.1, 0.15) is 12.4 Å². The predicted molar refractivity (Wildman–Crippen MR) is 117 cm³/mol. The first-order valence-corrected chi connectivity index (χ1v) is 9.39. The number of benzene rings is 3. The molecule has 3 rings (SSSR count). The summed E-state index contributed by atoms with van der Waals surface area (Å²) in [7, 11) is 0. The molecular weight excluding hydrogens is 368 g/mol. The van der Waals surface area contributed by atoms with Crippen molar-refractivity contribution in [2.45, 2.75) is 20.5 Å². The van der Waals surface area contributed by atoms with E-state index < -0.39 is 0 Å². The molecule has 0 bridgehead atoms. The second-order valence-corrected chi connectivity index (χ2v) is 6.89. The summed E-state index contributed by atoms with van der Waals surface area (Å²) in [6, 6.07) is 22.9. The summed E-state index contributed by atoms with van der Waals surface area (Å²) >= 11 is 5.31. The van der Waals surface area contributed by atoms with Gasteiger partial charge in [0.05, 0.1) is 0 Å². The van der Waals surface area contributed by atoms with Crippen molar-refractivity contribution in [1.82, 2.24) is 5.32 Å². The summed E-state index contributed by atoms with van der Waals surface area (Å²) in [5, 5.41) is 6.10. The van der Waals surface area contributed by atoms with Crippen LogP contribution in [0.5, 0.6) is 5.75 Å². The number of aryl methyl sites for hydroxylation is 2. The van der Waals surface area contributed by atoms with E-state index in [2.05, 4.69) is 10.6 Å². The molecule has 0 unspecified atom stereocenters. The van der Waals surface area contributed by atoms with Gasteiger partial charge >= 0.3 is 0 Å². The molecule has 142 valence electrons. The van der Waals surface area contributed by atoms with Crippen LogP contribution in [0.25, 0.3) is 0 Å². The van der Waals surface area contributed by atoms with E-state index in [0.717, 1.165) is 22.4 Å². The number of hydrogen-bond acceptors (Lipinski definition) is 3. The normalized spacial score (nSPS) is 10.2. The summed E-state index contributed by atoms with van der Waals surface area (Å²) in [6.07, 6.45) is 0. The first-order chi connectivity index (χ1) is 13.5. The van der Waals surface area contributed by atoms with Gasteiger partial charge in [-0.25, -0.2) is 0 Å². The summed E-state index contributed by atoms with van der Waals surface area (Å²) in [5.74, 6) is 0.346. The molecule has 0 fully saturated rings. The monoisotopic (exact) mass is 390 g/mol. The second-order valence-electron chi connectivity index (χ2n) is 6.48. The number of rotatable bonds is 5. The number of carbonyl (C=O) groups is 1. The molecule has 3 aromatic carbocycles. The lowest BCUT2D eigenvalue weighted by Gasteiger charge is -2.14. The van der Waals surface area contributed by atoms with Crippen molar-refractivity contribution >= 4 is 28.9 Å². The van der Waals surface area contributed by atoms with E-state index in [-0.39, 0.29) is 11.0 Å². The molecular formula is C23H22N2O2S. The summed E-state index contributed by atoms with van der Waals surface area (Å²) in [5.41, 5.74) is 4.58. The molecule has 0 saturated carbocycles. The third-order valence-corrected chi connectivity index (χ3v) is 4.50. The minimum Gasteiger partial charge on any atom is -0.489 e. The van der Waals surface area contributed by atoms with Gasteiger partial charge in [0.15, 0.2) is 5.11 Å². The van der Waals surface area contributed by atoms with Crippen molar-refractivity contribution in [3.8, 4) is 5.75 Å². The zero-order valence-corrected chi connectivity index (χ0v) is 16.7. The average Bonchev–Trinajstić information content (AvgIpc) is 2.70. The van der Waals surface area contributed by atoms with E-state index in [1.165, 1.54) is 0 Å². The Morgan fingerprint density at radius 3 is 2.32 bits per heavy atom. The molecule has 0 aliphatic heterocycles. The van der Waals surface area contributed by atoms with Crippen molar-refractivity contribution in [3.63, 3.8) is 0 Å². The van der Waals surface area contributed by atoms with Crippen molar-refractivity contribution in [2.75, 3.05) is 5.32 Å². The van der Waals surface area contributed by atoms with E-state index in [0.29, 0.717) is 17.9 Å². The third kappa shape index (κ3) is 5.18. The van der Waals surface area contributed by atoms with Gasteiger partial charge in [-0.1, -0.05) is 54.6 Å². The van der Waals surface area contributed by atoms with Gasteiger partial charge in [-0.3, -0.25) is 10.1 Å². The first kappa shape index (κ1) is 19.6. The topological polar surface area (TPSA) is 50.4 Å². The molecule has 28 heavy (non-hydrogen) atoms. The molecule has 0 aliphatic carbocycles. The highest BCUT2D eigenvalue weighted by molar-refractivity contribution is 7.80. The predicted octanol–water partition coefficient (Wildman–Crippen LogP) is 5.01. The smallest absolute Gasteiger partial charge is 0.257 e. The molecule has 0 aromatic heterocycles. The number of amides is 1. The maximum Gasteiger partial charge on any atom is 0.257 e. The molecule has 0 spiro atoms. The number of para-hydroxylation sites is 1. The Kier molecular flexibility index (Phi) is 6.40. The van der Waals surface area contributed by atoms with E-state index in [9.17, 15) is 4.79 Å². The van der Waals surface area contributed by atoms with Crippen LogP contribution in [0, 0.1) is 13.8 Å². The minimum atomic E-state index is -0.283. The Morgan fingerprint density at radius 1 is 0.929 bits per heavy atom. The summed E-state index contributed by atoms with van der Waals surface area (Å²) < 4.78 is 5.79. The van der Waals surface area contributed by atoms with Crippen LogP contribution in [0.4, 0.5) is 5.69 Å². The molecule has 1 amide bonds. The quantitative estimate of drug-likeness (QED) is 0.601. The van der Waals surface area contributed by atoms with Crippen LogP contribution in [-0.2, 0) is 6.61 Å². The van der Waals surface area contributed by atoms with Crippen LogP contribution < -0.4 is 15.4 Å². The standard InChI is InChI=1S/C23H22N2O2S/c1-16-8-6-9-17(2)21(16)24-23(28)25-22(26)19-12-7-13-20(14-19)27-15-18-10-4-3-5-11-18/h3-14H,15H2,1-2H3,(H2,24,25,26,28). The number of ether oxygens (including phenoxy) is 1. The number of nitrogens with one attached hydrogen (secondary N) is 2. The second kappa shape index (κ2) is 9.15. The van der Waals surface area contributed by atoms with Crippen LogP contribution >= 0.6 is 12.2 Å². The van der Waals surface area contributed by atoms with Gasteiger partial charge in [-0.05, 0) is 61.0 Å². The third-order valence-electron chi connectivity index (χ3n) is 4.29. The van der Waals surface area contributed by atoms with Gasteiger partial charge in [0.25, 0.3) is 5.91 Å². The van der Waals surface area contributed by atoms with Gasteiger partial charge in [-0.2, -0.15) is 0 Å². The van der Waals surface area contributed by atoms with Gasteiger partial charge in [0, 0.05) is 11.3 Å². The van der Waals surface area contributed by atoms with Crippen LogP contribution in [0.3, 0.4) is 0 Å². The van der Waals surface area contributed by atoms with Crippen molar-refractivity contribution in [2.24, 2.45) is 0 Å².